The van der Waals surface area contributed by atoms with Gasteiger partial charge in [-0.3, -0.25) is 4.90 Å². The minimum atomic E-state index is 0.117. The highest BCUT2D eigenvalue weighted by molar-refractivity contribution is 5.87. The number of nitrogens with one attached hydrogen (secondary N) is 1. The summed E-state index contributed by atoms with van der Waals surface area (Å²) >= 11 is 0. The van der Waals surface area contributed by atoms with E-state index in [-0.39, 0.29) is 5.54 Å². The molecule has 0 aromatic heterocycles. The number of fused-ring (bicyclic) bond motifs is 3. The molecule has 2 aromatic rings. The van der Waals surface area contributed by atoms with Gasteiger partial charge in [-0.05, 0) is 73.8 Å². The maximum absolute atomic E-state index is 3.49. The van der Waals surface area contributed by atoms with Crippen LogP contribution in [0, 0.1) is 0 Å². The van der Waals surface area contributed by atoms with Crippen LogP contribution >= 0.6 is 0 Å². The maximum Gasteiger partial charge on any atom is 0.0646 e. The van der Waals surface area contributed by atoms with E-state index in [1.165, 1.54) is 47.7 Å². The van der Waals surface area contributed by atoms with Gasteiger partial charge in [0, 0.05) is 31.4 Å². The lowest BCUT2D eigenvalue weighted by molar-refractivity contribution is 0.168. The fourth-order valence-corrected chi connectivity index (χ4v) is 5.23. The van der Waals surface area contributed by atoms with E-state index in [9.17, 15) is 0 Å². The lowest BCUT2D eigenvalue weighted by Crippen LogP contribution is -2.42. The van der Waals surface area contributed by atoms with Crippen LogP contribution in [0.25, 0.3) is 10.8 Å². The third-order valence-corrected chi connectivity index (χ3v) is 6.87. The van der Waals surface area contributed by atoms with Gasteiger partial charge in [-0.25, -0.2) is 0 Å². The van der Waals surface area contributed by atoms with Gasteiger partial charge in [0.05, 0.1) is 5.54 Å². The van der Waals surface area contributed by atoms with Gasteiger partial charge >= 0.3 is 0 Å². The summed E-state index contributed by atoms with van der Waals surface area (Å²) in [4.78, 5) is 5.12. The van der Waals surface area contributed by atoms with Crippen LogP contribution in [0.4, 0.5) is 5.69 Å². The van der Waals surface area contributed by atoms with Gasteiger partial charge in [-0.15, -0.1) is 0 Å². The Morgan fingerprint density at radius 2 is 1.92 bits per heavy atom. The Morgan fingerprint density at radius 3 is 2.88 bits per heavy atom. The number of anilines is 1. The molecule has 0 saturated carbocycles. The predicted molar refractivity (Wildman–Crippen MR) is 110 cm³/mol. The van der Waals surface area contributed by atoms with E-state index in [1.54, 1.807) is 0 Å². The average molecular weight is 348 g/mol. The summed E-state index contributed by atoms with van der Waals surface area (Å²) in [6.07, 6.45) is 9.84. The maximum atomic E-state index is 3.49. The third kappa shape index (κ3) is 2.57. The molecule has 3 heteroatoms. The quantitative estimate of drug-likeness (QED) is 0.832. The monoisotopic (exact) mass is 347 g/mol. The van der Waals surface area contributed by atoms with E-state index in [1.807, 2.05) is 0 Å². The SMILES string of the molecule is CN1C2CC=CC1(c1ccc3cc(N4CCCNCC4)ccc3c1)CC2. The lowest BCUT2D eigenvalue weighted by atomic mass is 9.85. The Kier molecular flexibility index (Phi) is 4.02. The van der Waals surface area contributed by atoms with E-state index in [2.05, 4.69) is 70.7 Å². The number of rotatable bonds is 2. The number of nitrogens with zero attached hydrogens (tertiary/aromatic N) is 2. The summed E-state index contributed by atoms with van der Waals surface area (Å²) in [5.41, 5.74) is 2.94. The second-order valence-corrected chi connectivity index (χ2v) is 8.20. The Balaban J connectivity index is 1.50. The van der Waals surface area contributed by atoms with Crippen molar-refractivity contribution < 1.29 is 0 Å². The molecule has 2 fully saturated rings. The van der Waals surface area contributed by atoms with Crippen molar-refractivity contribution in [2.45, 2.75) is 37.3 Å². The highest BCUT2D eigenvalue weighted by atomic mass is 15.2. The minimum Gasteiger partial charge on any atom is -0.370 e. The highest BCUT2D eigenvalue weighted by Gasteiger charge is 2.45. The largest absolute Gasteiger partial charge is 0.370 e. The molecule has 2 bridgehead atoms. The first-order valence-electron chi connectivity index (χ1n) is 10.2. The molecule has 2 aromatic carbocycles. The molecule has 3 nitrogen and oxygen atoms in total. The second kappa shape index (κ2) is 6.40. The molecule has 0 amide bonds. The molecule has 136 valence electrons. The van der Waals surface area contributed by atoms with Gasteiger partial charge in [0.2, 0.25) is 0 Å². The second-order valence-electron chi connectivity index (χ2n) is 8.20. The van der Waals surface area contributed by atoms with Crippen molar-refractivity contribution in [1.29, 1.82) is 0 Å². The molecule has 26 heavy (non-hydrogen) atoms. The Labute approximate surface area is 156 Å². The van der Waals surface area contributed by atoms with Crippen molar-refractivity contribution in [3.8, 4) is 0 Å². The molecule has 2 unspecified atom stereocenters. The molecule has 2 saturated heterocycles. The van der Waals surface area contributed by atoms with Crippen LogP contribution in [0.1, 0.15) is 31.2 Å². The summed E-state index contributed by atoms with van der Waals surface area (Å²) in [7, 11) is 2.31. The van der Waals surface area contributed by atoms with Crippen LogP contribution < -0.4 is 10.2 Å². The molecule has 0 radical (unpaired) electrons. The molecule has 3 heterocycles. The van der Waals surface area contributed by atoms with Gasteiger partial charge in [-0.2, -0.15) is 0 Å². The summed E-state index contributed by atoms with van der Waals surface area (Å²) in [5.74, 6) is 0. The predicted octanol–water partition coefficient (Wildman–Crippen LogP) is 3.89. The van der Waals surface area contributed by atoms with Gasteiger partial charge in [0.1, 0.15) is 0 Å². The molecule has 0 aliphatic carbocycles. The molecule has 3 aliphatic heterocycles. The number of hydrogen-bond acceptors (Lipinski definition) is 3. The molecule has 3 aliphatic rings. The lowest BCUT2D eigenvalue weighted by Gasteiger charge is -2.39. The standard InChI is InChI=1S/C23H29N3/c1-25-21-4-2-10-23(25,11-9-21)20-7-5-19-17-22(8-6-18(19)16-20)26-14-3-12-24-13-15-26/h2,5-8,10,16-17,21,24H,3-4,9,11-15H2,1H3. The topological polar surface area (TPSA) is 18.5 Å². The van der Waals surface area contributed by atoms with Crippen LogP contribution in [-0.4, -0.2) is 44.2 Å². The van der Waals surface area contributed by atoms with E-state index >= 15 is 0 Å². The molecule has 5 rings (SSSR count). The summed E-state index contributed by atoms with van der Waals surface area (Å²) in [6.45, 7) is 4.47. The zero-order valence-electron chi connectivity index (χ0n) is 15.7. The van der Waals surface area contributed by atoms with E-state index in [4.69, 9.17) is 0 Å². The Morgan fingerprint density at radius 1 is 1.04 bits per heavy atom. The summed E-state index contributed by atoms with van der Waals surface area (Å²) in [5, 5.41) is 6.22. The van der Waals surface area contributed by atoms with Crippen LogP contribution in [-0.2, 0) is 5.54 Å². The smallest absolute Gasteiger partial charge is 0.0646 e. The van der Waals surface area contributed by atoms with E-state index in [0.29, 0.717) is 0 Å². The fraction of sp³-hybridized carbons (Fsp3) is 0.478. The fourth-order valence-electron chi connectivity index (χ4n) is 5.23. The normalized spacial score (nSPS) is 29.3. The van der Waals surface area contributed by atoms with Crippen LogP contribution in [0.15, 0.2) is 48.6 Å². The Bertz CT molecular complexity index is 834. The van der Waals surface area contributed by atoms with Crippen molar-refractivity contribution in [2.24, 2.45) is 0 Å². The van der Waals surface area contributed by atoms with Crippen molar-refractivity contribution in [3.05, 3.63) is 54.1 Å². The van der Waals surface area contributed by atoms with Gasteiger partial charge in [0.15, 0.2) is 0 Å². The number of likely N-dealkylation sites (N-methyl/N-ethyl adjacent to an activating group) is 1. The van der Waals surface area contributed by atoms with Crippen molar-refractivity contribution in [1.82, 2.24) is 10.2 Å². The Hall–Kier alpha value is -1.84. The molecular formula is C23H29N3. The van der Waals surface area contributed by atoms with E-state index in [0.717, 1.165) is 32.2 Å². The minimum absolute atomic E-state index is 0.117. The highest BCUT2D eigenvalue weighted by Crippen LogP contribution is 2.46. The average Bonchev–Trinajstić information content (AvgIpc) is 2.92. The molecule has 0 spiro atoms. The van der Waals surface area contributed by atoms with Crippen LogP contribution in [0.2, 0.25) is 0 Å². The number of hydrogen-bond donors (Lipinski definition) is 1. The van der Waals surface area contributed by atoms with Crippen LogP contribution in [0.3, 0.4) is 0 Å². The van der Waals surface area contributed by atoms with Gasteiger partial charge < -0.3 is 10.2 Å². The number of benzene rings is 2. The van der Waals surface area contributed by atoms with Crippen molar-refractivity contribution >= 4 is 16.5 Å². The third-order valence-electron chi connectivity index (χ3n) is 6.87. The van der Waals surface area contributed by atoms with E-state index < -0.39 is 0 Å². The molecular weight excluding hydrogens is 318 g/mol. The van der Waals surface area contributed by atoms with Crippen molar-refractivity contribution in [3.63, 3.8) is 0 Å². The van der Waals surface area contributed by atoms with Crippen molar-refractivity contribution in [2.75, 3.05) is 38.1 Å². The van der Waals surface area contributed by atoms with Gasteiger partial charge in [0.25, 0.3) is 0 Å². The van der Waals surface area contributed by atoms with Crippen LogP contribution in [0.5, 0.6) is 0 Å². The zero-order valence-corrected chi connectivity index (χ0v) is 15.7. The summed E-state index contributed by atoms with van der Waals surface area (Å²) in [6, 6.07) is 14.9. The zero-order chi connectivity index (χ0) is 17.6. The summed E-state index contributed by atoms with van der Waals surface area (Å²) < 4.78 is 0. The van der Waals surface area contributed by atoms with Gasteiger partial charge in [-0.1, -0.05) is 30.4 Å². The first kappa shape index (κ1) is 16.3. The molecule has 2 atom stereocenters. The first-order valence-corrected chi connectivity index (χ1v) is 10.2. The first-order chi connectivity index (χ1) is 12.8. The molecule has 1 N–H and O–H groups in total.